The Kier molecular flexibility index (Phi) is 3.64. The molecule has 0 bridgehead atoms. The van der Waals surface area contributed by atoms with Crippen molar-refractivity contribution in [2.45, 2.75) is 44.4 Å². The van der Waals surface area contributed by atoms with Gasteiger partial charge in [-0.15, -0.1) is 0 Å². The van der Waals surface area contributed by atoms with Crippen molar-refractivity contribution in [3.8, 4) is 5.75 Å². The molecule has 2 rings (SSSR count). The molecule has 0 spiro atoms. The second-order valence-corrected chi connectivity index (χ2v) is 5.52. The van der Waals surface area contributed by atoms with Crippen LogP contribution in [0.5, 0.6) is 5.75 Å². The Morgan fingerprint density at radius 2 is 1.94 bits per heavy atom. The highest BCUT2D eigenvalue weighted by Crippen LogP contribution is 2.45. The van der Waals surface area contributed by atoms with Gasteiger partial charge in [0, 0.05) is 22.5 Å². The summed E-state index contributed by atoms with van der Waals surface area (Å²) in [5, 5.41) is 10.9. The van der Waals surface area contributed by atoms with E-state index in [1.807, 2.05) is 6.92 Å². The molecule has 0 aromatic heterocycles. The third kappa shape index (κ3) is 2.16. The maximum Gasteiger partial charge on any atom is 0.119 e. The Bertz CT molecular complexity index is 411. The minimum atomic E-state index is -0.0721. The minimum Gasteiger partial charge on any atom is -0.508 e. The molecule has 1 aliphatic rings. The summed E-state index contributed by atoms with van der Waals surface area (Å²) in [5.41, 5.74) is 7.90. The number of aromatic hydroxyl groups is 1. The fourth-order valence-electron chi connectivity index (χ4n) is 3.13. The molecule has 17 heavy (non-hydrogen) atoms. The fraction of sp³-hybridized carbons (Fsp3) is 0.571. The lowest BCUT2D eigenvalue weighted by molar-refractivity contribution is 0.289. The second kappa shape index (κ2) is 4.87. The molecule has 0 unspecified atom stereocenters. The van der Waals surface area contributed by atoms with Crippen LogP contribution in [0.1, 0.15) is 43.2 Å². The van der Waals surface area contributed by atoms with Crippen LogP contribution in [0.4, 0.5) is 0 Å². The first-order valence-corrected chi connectivity index (χ1v) is 6.67. The van der Waals surface area contributed by atoms with E-state index in [-0.39, 0.29) is 5.41 Å². The van der Waals surface area contributed by atoms with Gasteiger partial charge in [0.1, 0.15) is 5.75 Å². The normalized spacial score (nSPS) is 19.2. The molecular formula is C14H20ClNO. The molecule has 0 amide bonds. The predicted octanol–water partition coefficient (Wildman–Crippen LogP) is 3.51. The van der Waals surface area contributed by atoms with Crippen molar-refractivity contribution < 1.29 is 5.11 Å². The molecule has 1 saturated carbocycles. The molecular weight excluding hydrogens is 234 g/mol. The van der Waals surface area contributed by atoms with Gasteiger partial charge in [0.15, 0.2) is 0 Å². The molecule has 0 radical (unpaired) electrons. The van der Waals surface area contributed by atoms with Gasteiger partial charge in [-0.3, -0.25) is 0 Å². The Balaban J connectivity index is 2.53. The summed E-state index contributed by atoms with van der Waals surface area (Å²) < 4.78 is 0. The summed E-state index contributed by atoms with van der Waals surface area (Å²) in [6.07, 6.45) is 5.74. The number of hydrogen-bond acceptors (Lipinski definition) is 2. The first-order chi connectivity index (χ1) is 8.10. The largest absolute Gasteiger partial charge is 0.508 e. The van der Waals surface area contributed by atoms with Crippen LogP contribution in [0.15, 0.2) is 12.1 Å². The zero-order valence-electron chi connectivity index (χ0n) is 10.3. The summed E-state index contributed by atoms with van der Waals surface area (Å²) >= 11 is 6.17. The topological polar surface area (TPSA) is 46.2 Å². The summed E-state index contributed by atoms with van der Waals surface area (Å²) in [7, 11) is 0. The van der Waals surface area contributed by atoms with E-state index in [4.69, 9.17) is 17.3 Å². The molecule has 0 atom stereocenters. The number of nitrogens with two attached hydrogens (primary N) is 1. The molecule has 3 N–H and O–H groups in total. The molecule has 1 aromatic rings. The highest BCUT2D eigenvalue weighted by molar-refractivity contribution is 6.31. The average molecular weight is 254 g/mol. The number of phenolic OH excluding ortho intramolecular Hbond substituents is 1. The van der Waals surface area contributed by atoms with Gasteiger partial charge >= 0.3 is 0 Å². The molecule has 0 heterocycles. The monoisotopic (exact) mass is 253 g/mol. The van der Waals surface area contributed by atoms with Gasteiger partial charge in [-0.25, -0.2) is 0 Å². The van der Waals surface area contributed by atoms with E-state index in [1.54, 1.807) is 12.1 Å². The maximum absolute atomic E-state index is 10.2. The SMILES string of the molecule is Cc1c(Cl)ccc(O)c1C1(CN)CCCCC1. The molecule has 1 fully saturated rings. The van der Waals surface area contributed by atoms with E-state index in [0.717, 1.165) is 29.0 Å². The van der Waals surface area contributed by atoms with E-state index in [0.29, 0.717) is 12.3 Å². The van der Waals surface area contributed by atoms with Crippen LogP contribution in [-0.4, -0.2) is 11.7 Å². The van der Waals surface area contributed by atoms with E-state index in [9.17, 15) is 5.11 Å². The summed E-state index contributed by atoms with van der Waals surface area (Å²) in [4.78, 5) is 0. The van der Waals surface area contributed by atoms with Crippen LogP contribution in [0.25, 0.3) is 0 Å². The zero-order chi connectivity index (χ0) is 12.5. The number of rotatable bonds is 2. The summed E-state index contributed by atoms with van der Waals surface area (Å²) in [6.45, 7) is 2.56. The van der Waals surface area contributed by atoms with Gasteiger partial charge in [0.05, 0.1) is 0 Å². The van der Waals surface area contributed by atoms with Crippen LogP contribution >= 0.6 is 11.6 Å². The Morgan fingerprint density at radius 3 is 2.53 bits per heavy atom. The second-order valence-electron chi connectivity index (χ2n) is 5.11. The number of phenols is 1. The number of benzene rings is 1. The van der Waals surface area contributed by atoms with Crippen molar-refractivity contribution in [3.05, 3.63) is 28.3 Å². The zero-order valence-corrected chi connectivity index (χ0v) is 11.1. The van der Waals surface area contributed by atoms with Crippen LogP contribution in [0.2, 0.25) is 5.02 Å². The summed E-state index contributed by atoms with van der Waals surface area (Å²) in [5.74, 6) is 0.347. The van der Waals surface area contributed by atoms with Crippen molar-refractivity contribution in [1.82, 2.24) is 0 Å². The van der Waals surface area contributed by atoms with Gasteiger partial charge in [-0.05, 0) is 37.5 Å². The van der Waals surface area contributed by atoms with Crippen LogP contribution in [0, 0.1) is 6.92 Å². The standard InChI is InChI=1S/C14H20ClNO/c1-10-11(15)5-6-12(17)13(10)14(9-16)7-3-2-4-8-14/h5-6,17H,2-4,7-9,16H2,1H3. The van der Waals surface area contributed by atoms with E-state index >= 15 is 0 Å². The van der Waals surface area contributed by atoms with E-state index in [2.05, 4.69) is 0 Å². The van der Waals surface area contributed by atoms with Gasteiger partial charge in [0.25, 0.3) is 0 Å². The first kappa shape index (κ1) is 12.7. The van der Waals surface area contributed by atoms with E-state index < -0.39 is 0 Å². The number of hydrogen-bond donors (Lipinski definition) is 2. The maximum atomic E-state index is 10.2. The fourth-order valence-corrected chi connectivity index (χ4v) is 3.28. The van der Waals surface area contributed by atoms with Gasteiger partial charge < -0.3 is 10.8 Å². The van der Waals surface area contributed by atoms with Crippen molar-refractivity contribution in [2.24, 2.45) is 5.73 Å². The Hall–Kier alpha value is -0.730. The van der Waals surface area contributed by atoms with E-state index in [1.165, 1.54) is 19.3 Å². The number of halogens is 1. The van der Waals surface area contributed by atoms with Crippen molar-refractivity contribution in [3.63, 3.8) is 0 Å². The third-order valence-electron chi connectivity index (χ3n) is 4.11. The van der Waals surface area contributed by atoms with Crippen molar-refractivity contribution in [2.75, 3.05) is 6.54 Å². The summed E-state index contributed by atoms with van der Waals surface area (Å²) in [6, 6.07) is 3.44. The van der Waals surface area contributed by atoms with Crippen LogP contribution in [0.3, 0.4) is 0 Å². The van der Waals surface area contributed by atoms with Crippen LogP contribution in [-0.2, 0) is 5.41 Å². The minimum absolute atomic E-state index is 0.0721. The average Bonchev–Trinajstić information content (AvgIpc) is 2.35. The Labute approximate surface area is 108 Å². The molecule has 94 valence electrons. The lowest BCUT2D eigenvalue weighted by Crippen LogP contribution is -2.37. The molecule has 0 aliphatic heterocycles. The van der Waals surface area contributed by atoms with Crippen molar-refractivity contribution in [1.29, 1.82) is 0 Å². The molecule has 2 nitrogen and oxygen atoms in total. The van der Waals surface area contributed by atoms with Gasteiger partial charge in [-0.1, -0.05) is 30.9 Å². The Morgan fingerprint density at radius 1 is 1.29 bits per heavy atom. The van der Waals surface area contributed by atoms with Gasteiger partial charge in [-0.2, -0.15) is 0 Å². The highest BCUT2D eigenvalue weighted by atomic mass is 35.5. The lowest BCUT2D eigenvalue weighted by Gasteiger charge is -2.38. The van der Waals surface area contributed by atoms with Crippen molar-refractivity contribution >= 4 is 11.6 Å². The smallest absolute Gasteiger partial charge is 0.119 e. The molecule has 3 heteroatoms. The van der Waals surface area contributed by atoms with Gasteiger partial charge in [0.2, 0.25) is 0 Å². The predicted molar refractivity (Wildman–Crippen MR) is 71.7 cm³/mol. The lowest BCUT2D eigenvalue weighted by atomic mass is 9.68. The highest BCUT2D eigenvalue weighted by Gasteiger charge is 2.36. The van der Waals surface area contributed by atoms with Crippen LogP contribution < -0.4 is 5.73 Å². The first-order valence-electron chi connectivity index (χ1n) is 6.29. The molecule has 0 saturated heterocycles. The molecule has 1 aromatic carbocycles. The molecule has 1 aliphatic carbocycles. The quantitative estimate of drug-likeness (QED) is 0.847. The third-order valence-corrected chi connectivity index (χ3v) is 4.52.